The van der Waals surface area contributed by atoms with Gasteiger partial charge in [-0.3, -0.25) is 9.98 Å². The van der Waals surface area contributed by atoms with Gasteiger partial charge in [-0.25, -0.2) is 0 Å². The fourth-order valence-corrected chi connectivity index (χ4v) is 1.37. The Labute approximate surface area is 92.5 Å². The lowest BCUT2D eigenvalue weighted by Crippen LogP contribution is -2.13. The van der Waals surface area contributed by atoms with Gasteiger partial charge in [0.1, 0.15) is 0 Å². The number of rotatable bonds is 3. The van der Waals surface area contributed by atoms with E-state index in [-0.39, 0.29) is 0 Å². The number of aliphatic imine (C=N–C) groups is 1. The van der Waals surface area contributed by atoms with Crippen LogP contribution >= 0.6 is 0 Å². The van der Waals surface area contributed by atoms with Crippen LogP contribution in [0.5, 0.6) is 0 Å². The maximum Gasteiger partial charge on any atom is 0.0688 e. The second-order valence-electron chi connectivity index (χ2n) is 4.45. The minimum absolute atomic E-state index is 0.526. The number of nitrogens with zero attached hydrogens (tertiary/aromatic N) is 2. The molecule has 0 amide bonds. The van der Waals surface area contributed by atoms with Crippen molar-refractivity contribution in [1.29, 1.82) is 0 Å². The van der Waals surface area contributed by atoms with Gasteiger partial charge in [0, 0.05) is 18.1 Å². The minimum atomic E-state index is 0.526. The van der Waals surface area contributed by atoms with E-state index < -0.39 is 0 Å². The molecule has 0 aliphatic rings. The number of hydrogen-bond donors (Lipinski definition) is 0. The van der Waals surface area contributed by atoms with Gasteiger partial charge in [0.2, 0.25) is 0 Å². The van der Waals surface area contributed by atoms with Gasteiger partial charge in [-0.15, -0.1) is 0 Å². The molecule has 2 nitrogen and oxygen atoms in total. The molecule has 1 rings (SSSR count). The Morgan fingerprint density at radius 1 is 1.33 bits per heavy atom. The van der Waals surface area contributed by atoms with Crippen molar-refractivity contribution in [2.24, 2.45) is 16.8 Å². The Kier molecular flexibility index (Phi) is 4.01. The van der Waals surface area contributed by atoms with E-state index in [2.05, 4.69) is 37.7 Å². The topological polar surface area (TPSA) is 25.2 Å². The molecule has 1 heterocycles. The van der Waals surface area contributed by atoms with Crippen LogP contribution in [0, 0.1) is 18.8 Å². The summed E-state index contributed by atoms with van der Waals surface area (Å²) in [6.45, 7) is 10.8. The minimum Gasteiger partial charge on any atom is -0.264 e. The SMILES string of the molecule is CC(=Nc1ccncc1C)C(C)C(C)C. The molecule has 0 N–H and O–H groups in total. The summed E-state index contributed by atoms with van der Waals surface area (Å²) in [7, 11) is 0. The van der Waals surface area contributed by atoms with E-state index in [4.69, 9.17) is 0 Å². The Morgan fingerprint density at radius 3 is 2.53 bits per heavy atom. The first-order valence-electron chi connectivity index (χ1n) is 5.48. The molecule has 0 fully saturated rings. The summed E-state index contributed by atoms with van der Waals surface area (Å²) in [6, 6.07) is 1.96. The van der Waals surface area contributed by atoms with Crippen LogP contribution in [0.25, 0.3) is 0 Å². The van der Waals surface area contributed by atoms with Crippen molar-refractivity contribution in [2.75, 3.05) is 0 Å². The second-order valence-corrected chi connectivity index (χ2v) is 4.45. The molecule has 1 aromatic rings. The van der Waals surface area contributed by atoms with Crippen LogP contribution < -0.4 is 0 Å². The van der Waals surface area contributed by atoms with Crippen molar-refractivity contribution in [3.8, 4) is 0 Å². The Hall–Kier alpha value is -1.18. The summed E-state index contributed by atoms with van der Waals surface area (Å²) >= 11 is 0. The average Bonchev–Trinajstić information content (AvgIpc) is 2.20. The van der Waals surface area contributed by atoms with Crippen LogP contribution in [0.4, 0.5) is 5.69 Å². The predicted octanol–water partition coefficient (Wildman–Crippen LogP) is 3.77. The number of aryl methyl sites for hydroxylation is 1. The standard InChI is InChI=1S/C13H20N2/c1-9(2)11(4)12(5)15-13-6-7-14-8-10(13)3/h6-9,11H,1-5H3. The average molecular weight is 204 g/mol. The molecular formula is C13H20N2. The highest BCUT2D eigenvalue weighted by atomic mass is 14.8. The summed E-state index contributed by atoms with van der Waals surface area (Å²) in [5.41, 5.74) is 3.36. The van der Waals surface area contributed by atoms with Gasteiger partial charge in [0.05, 0.1) is 5.69 Å². The van der Waals surface area contributed by atoms with Crippen LogP contribution in [0.3, 0.4) is 0 Å². The number of hydrogen-bond acceptors (Lipinski definition) is 2. The molecule has 0 spiro atoms. The molecule has 1 aromatic heterocycles. The highest BCUT2D eigenvalue weighted by molar-refractivity contribution is 5.87. The van der Waals surface area contributed by atoms with Crippen molar-refractivity contribution in [1.82, 2.24) is 4.98 Å². The van der Waals surface area contributed by atoms with Crippen LogP contribution in [0.2, 0.25) is 0 Å². The molecule has 0 aliphatic heterocycles. The van der Waals surface area contributed by atoms with Gasteiger partial charge in [0.25, 0.3) is 0 Å². The summed E-state index contributed by atoms with van der Waals surface area (Å²) in [6.07, 6.45) is 3.64. The van der Waals surface area contributed by atoms with Gasteiger partial charge < -0.3 is 0 Å². The van der Waals surface area contributed by atoms with E-state index in [0.717, 1.165) is 11.3 Å². The molecule has 0 bridgehead atoms. The molecule has 0 saturated carbocycles. The smallest absolute Gasteiger partial charge is 0.0688 e. The Bertz CT molecular complexity index is 353. The Balaban J connectivity index is 2.92. The van der Waals surface area contributed by atoms with Crippen molar-refractivity contribution in [3.63, 3.8) is 0 Å². The first kappa shape index (κ1) is 11.9. The molecule has 0 saturated heterocycles. The zero-order chi connectivity index (χ0) is 11.4. The van der Waals surface area contributed by atoms with Crippen molar-refractivity contribution < 1.29 is 0 Å². The lowest BCUT2D eigenvalue weighted by molar-refractivity contribution is 0.530. The normalized spacial score (nSPS) is 14.4. The number of pyridine rings is 1. The van der Waals surface area contributed by atoms with Gasteiger partial charge in [-0.2, -0.15) is 0 Å². The molecular weight excluding hydrogens is 184 g/mol. The summed E-state index contributed by atoms with van der Waals surface area (Å²) in [5.74, 6) is 1.16. The molecule has 0 aliphatic carbocycles. The summed E-state index contributed by atoms with van der Waals surface area (Å²) in [5, 5.41) is 0. The molecule has 1 unspecified atom stereocenters. The highest BCUT2D eigenvalue weighted by Crippen LogP contribution is 2.20. The van der Waals surface area contributed by atoms with Crippen molar-refractivity contribution in [2.45, 2.75) is 34.6 Å². The van der Waals surface area contributed by atoms with E-state index in [1.165, 1.54) is 5.71 Å². The first-order chi connectivity index (χ1) is 7.02. The lowest BCUT2D eigenvalue weighted by atomic mass is 9.94. The maximum atomic E-state index is 4.66. The van der Waals surface area contributed by atoms with Crippen molar-refractivity contribution >= 4 is 11.4 Å². The van der Waals surface area contributed by atoms with Crippen LogP contribution in [-0.4, -0.2) is 10.7 Å². The van der Waals surface area contributed by atoms with Gasteiger partial charge in [-0.05, 0) is 37.3 Å². The van der Waals surface area contributed by atoms with Gasteiger partial charge in [0.15, 0.2) is 0 Å². The van der Waals surface area contributed by atoms with E-state index in [1.54, 1.807) is 6.20 Å². The number of aromatic nitrogens is 1. The third-order valence-corrected chi connectivity index (χ3v) is 2.95. The quantitative estimate of drug-likeness (QED) is 0.688. The largest absolute Gasteiger partial charge is 0.264 e. The van der Waals surface area contributed by atoms with Crippen LogP contribution in [-0.2, 0) is 0 Å². The zero-order valence-electron chi connectivity index (χ0n) is 10.3. The second kappa shape index (κ2) is 5.06. The zero-order valence-corrected chi connectivity index (χ0v) is 10.3. The fraction of sp³-hybridized carbons (Fsp3) is 0.538. The third kappa shape index (κ3) is 3.15. The van der Waals surface area contributed by atoms with E-state index in [1.807, 2.05) is 19.2 Å². The highest BCUT2D eigenvalue weighted by Gasteiger charge is 2.10. The molecule has 82 valence electrons. The molecule has 1 atom stereocenters. The monoisotopic (exact) mass is 204 g/mol. The van der Waals surface area contributed by atoms with E-state index >= 15 is 0 Å². The van der Waals surface area contributed by atoms with Gasteiger partial charge in [-0.1, -0.05) is 20.8 Å². The molecule has 0 radical (unpaired) electrons. The maximum absolute atomic E-state index is 4.66. The third-order valence-electron chi connectivity index (χ3n) is 2.95. The molecule has 15 heavy (non-hydrogen) atoms. The molecule has 2 heteroatoms. The van der Waals surface area contributed by atoms with Crippen LogP contribution in [0.1, 0.15) is 33.3 Å². The fourth-order valence-electron chi connectivity index (χ4n) is 1.37. The van der Waals surface area contributed by atoms with Gasteiger partial charge >= 0.3 is 0 Å². The molecule has 0 aromatic carbocycles. The van der Waals surface area contributed by atoms with Crippen molar-refractivity contribution in [3.05, 3.63) is 24.0 Å². The Morgan fingerprint density at radius 2 is 2.00 bits per heavy atom. The lowest BCUT2D eigenvalue weighted by Gasteiger charge is -2.15. The summed E-state index contributed by atoms with van der Waals surface area (Å²) < 4.78 is 0. The van der Waals surface area contributed by atoms with E-state index in [9.17, 15) is 0 Å². The summed E-state index contributed by atoms with van der Waals surface area (Å²) in [4.78, 5) is 8.72. The van der Waals surface area contributed by atoms with E-state index in [0.29, 0.717) is 11.8 Å². The van der Waals surface area contributed by atoms with Crippen LogP contribution in [0.15, 0.2) is 23.5 Å². The first-order valence-corrected chi connectivity index (χ1v) is 5.48. The predicted molar refractivity (Wildman–Crippen MR) is 65.7 cm³/mol.